The molecule has 17 heavy (non-hydrogen) atoms. The van der Waals surface area contributed by atoms with Gasteiger partial charge < -0.3 is 5.32 Å². The lowest BCUT2D eigenvalue weighted by Gasteiger charge is -2.09. The lowest BCUT2D eigenvalue weighted by molar-refractivity contribution is 0.101. The number of H-pyrrole nitrogens is 1. The standard InChI is InChI=1S/C12H14N4O/c1-7-5-4-6-8(2)10(7)14-12(17)11-13-9(3)15-16-11/h4-6H,1-3H3,(H,14,17)(H,13,15,16). The Labute approximate surface area is 99.3 Å². The minimum atomic E-state index is -0.299. The van der Waals surface area contributed by atoms with Crippen LogP contribution in [0.25, 0.3) is 0 Å². The second-order valence-corrected chi connectivity index (χ2v) is 3.97. The number of benzene rings is 1. The molecule has 2 rings (SSSR count). The van der Waals surface area contributed by atoms with Gasteiger partial charge in [0.1, 0.15) is 5.82 Å². The van der Waals surface area contributed by atoms with Crippen LogP contribution >= 0.6 is 0 Å². The number of carbonyl (C=O) groups excluding carboxylic acids is 1. The van der Waals surface area contributed by atoms with Crippen molar-refractivity contribution in [1.82, 2.24) is 15.2 Å². The first-order valence-electron chi connectivity index (χ1n) is 5.34. The van der Waals surface area contributed by atoms with Crippen molar-refractivity contribution < 1.29 is 4.79 Å². The number of nitrogens with zero attached hydrogens (tertiary/aromatic N) is 2. The van der Waals surface area contributed by atoms with Crippen LogP contribution in [0.5, 0.6) is 0 Å². The van der Waals surface area contributed by atoms with Gasteiger partial charge in [-0.2, -0.15) is 0 Å². The van der Waals surface area contributed by atoms with Crippen molar-refractivity contribution in [3.63, 3.8) is 0 Å². The third-order valence-corrected chi connectivity index (χ3v) is 2.52. The minimum Gasteiger partial charge on any atom is -0.319 e. The second kappa shape index (κ2) is 4.37. The number of carbonyl (C=O) groups is 1. The third kappa shape index (κ3) is 2.33. The molecule has 0 radical (unpaired) electrons. The predicted molar refractivity (Wildman–Crippen MR) is 65.0 cm³/mol. The number of hydrogen-bond donors (Lipinski definition) is 2. The maximum atomic E-state index is 11.9. The molecular weight excluding hydrogens is 216 g/mol. The van der Waals surface area contributed by atoms with Gasteiger partial charge in [0.25, 0.3) is 5.91 Å². The predicted octanol–water partition coefficient (Wildman–Crippen LogP) is 1.98. The van der Waals surface area contributed by atoms with Crippen molar-refractivity contribution in [2.45, 2.75) is 20.8 Å². The molecule has 1 aromatic heterocycles. The number of hydrogen-bond acceptors (Lipinski definition) is 3. The molecule has 2 N–H and O–H groups in total. The van der Waals surface area contributed by atoms with Crippen molar-refractivity contribution in [3.05, 3.63) is 41.0 Å². The molecule has 0 saturated carbocycles. The normalized spacial score (nSPS) is 10.3. The van der Waals surface area contributed by atoms with E-state index in [4.69, 9.17) is 0 Å². The van der Waals surface area contributed by atoms with Crippen molar-refractivity contribution in [2.24, 2.45) is 0 Å². The SMILES string of the molecule is Cc1nc(C(=O)Nc2c(C)cccc2C)n[nH]1. The maximum Gasteiger partial charge on any atom is 0.295 e. The zero-order valence-electron chi connectivity index (χ0n) is 10.0. The highest BCUT2D eigenvalue weighted by molar-refractivity contribution is 6.02. The van der Waals surface area contributed by atoms with Gasteiger partial charge in [-0.15, -0.1) is 5.10 Å². The van der Waals surface area contributed by atoms with Crippen molar-refractivity contribution in [1.29, 1.82) is 0 Å². The average molecular weight is 230 g/mol. The first kappa shape index (κ1) is 11.3. The fraction of sp³-hybridized carbons (Fsp3) is 0.250. The van der Waals surface area contributed by atoms with Gasteiger partial charge >= 0.3 is 0 Å². The van der Waals surface area contributed by atoms with Crippen LogP contribution in [0.4, 0.5) is 5.69 Å². The summed E-state index contributed by atoms with van der Waals surface area (Å²) in [5.41, 5.74) is 2.86. The van der Waals surface area contributed by atoms with E-state index in [0.717, 1.165) is 16.8 Å². The van der Waals surface area contributed by atoms with Crippen LogP contribution in [-0.2, 0) is 0 Å². The minimum absolute atomic E-state index is 0.158. The van der Waals surface area contributed by atoms with Gasteiger partial charge in [0.05, 0.1) is 0 Å². The smallest absolute Gasteiger partial charge is 0.295 e. The van der Waals surface area contributed by atoms with Gasteiger partial charge in [-0.25, -0.2) is 4.98 Å². The number of rotatable bonds is 2. The summed E-state index contributed by atoms with van der Waals surface area (Å²) in [6.45, 7) is 5.65. The Morgan fingerprint density at radius 3 is 2.41 bits per heavy atom. The monoisotopic (exact) mass is 230 g/mol. The molecule has 0 aliphatic carbocycles. The van der Waals surface area contributed by atoms with Crippen LogP contribution in [0.2, 0.25) is 0 Å². The molecule has 0 unspecified atom stereocenters. The Hall–Kier alpha value is -2.17. The number of anilines is 1. The summed E-state index contributed by atoms with van der Waals surface area (Å²) >= 11 is 0. The van der Waals surface area contributed by atoms with E-state index in [1.807, 2.05) is 32.0 Å². The quantitative estimate of drug-likeness (QED) is 0.828. The van der Waals surface area contributed by atoms with Crippen LogP contribution in [0.15, 0.2) is 18.2 Å². The Morgan fingerprint density at radius 2 is 1.88 bits per heavy atom. The summed E-state index contributed by atoms with van der Waals surface area (Å²) in [6, 6.07) is 5.86. The van der Waals surface area contributed by atoms with E-state index in [0.29, 0.717) is 5.82 Å². The molecule has 5 nitrogen and oxygen atoms in total. The van der Waals surface area contributed by atoms with Gasteiger partial charge in [0.2, 0.25) is 5.82 Å². The first-order valence-corrected chi connectivity index (χ1v) is 5.34. The first-order chi connectivity index (χ1) is 8.08. The van der Waals surface area contributed by atoms with Gasteiger partial charge in [-0.05, 0) is 31.9 Å². The van der Waals surface area contributed by atoms with Crippen molar-refractivity contribution in [2.75, 3.05) is 5.32 Å². The highest BCUT2D eigenvalue weighted by atomic mass is 16.2. The Bertz CT molecular complexity index is 539. The Balaban J connectivity index is 2.24. The zero-order valence-corrected chi connectivity index (χ0v) is 10.0. The number of aryl methyl sites for hydroxylation is 3. The zero-order chi connectivity index (χ0) is 12.4. The summed E-state index contributed by atoms with van der Waals surface area (Å²) in [5, 5.41) is 9.29. The summed E-state index contributed by atoms with van der Waals surface area (Å²) in [6.07, 6.45) is 0. The molecule has 0 saturated heterocycles. The number of amides is 1. The van der Waals surface area contributed by atoms with E-state index >= 15 is 0 Å². The lowest BCUT2D eigenvalue weighted by atomic mass is 10.1. The van der Waals surface area contributed by atoms with E-state index in [9.17, 15) is 4.79 Å². The van der Waals surface area contributed by atoms with Crippen molar-refractivity contribution >= 4 is 11.6 Å². The second-order valence-electron chi connectivity index (χ2n) is 3.97. The van der Waals surface area contributed by atoms with Crippen LogP contribution in [-0.4, -0.2) is 21.1 Å². The summed E-state index contributed by atoms with van der Waals surface area (Å²) in [7, 11) is 0. The van der Waals surface area contributed by atoms with Crippen LogP contribution in [0.1, 0.15) is 27.6 Å². The molecule has 1 aromatic carbocycles. The number of aromatic amines is 1. The molecule has 88 valence electrons. The van der Waals surface area contributed by atoms with Crippen LogP contribution < -0.4 is 5.32 Å². The largest absolute Gasteiger partial charge is 0.319 e. The van der Waals surface area contributed by atoms with E-state index in [-0.39, 0.29) is 11.7 Å². The Morgan fingerprint density at radius 1 is 1.24 bits per heavy atom. The number of nitrogens with one attached hydrogen (secondary N) is 2. The van der Waals surface area contributed by atoms with Crippen LogP contribution in [0, 0.1) is 20.8 Å². The summed E-state index contributed by atoms with van der Waals surface area (Å²) < 4.78 is 0. The molecule has 0 fully saturated rings. The Kier molecular flexibility index (Phi) is 2.91. The number of aromatic nitrogens is 3. The summed E-state index contributed by atoms with van der Waals surface area (Å²) in [5.74, 6) is 0.480. The molecule has 2 aromatic rings. The topological polar surface area (TPSA) is 70.7 Å². The molecule has 0 aliphatic rings. The van der Waals surface area contributed by atoms with E-state index < -0.39 is 0 Å². The van der Waals surface area contributed by atoms with Crippen molar-refractivity contribution in [3.8, 4) is 0 Å². The third-order valence-electron chi connectivity index (χ3n) is 2.52. The van der Waals surface area contributed by atoms with Gasteiger partial charge in [-0.3, -0.25) is 9.89 Å². The van der Waals surface area contributed by atoms with Crippen LogP contribution in [0.3, 0.4) is 0 Å². The van der Waals surface area contributed by atoms with Gasteiger partial charge in [0.15, 0.2) is 0 Å². The molecule has 1 heterocycles. The van der Waals surface area contributed by atoms with E-state index in [1.165, 1.54) is 0 Å². The van der Waals surface area contributed by atoms with Gasteiger partial charge in [-0.1, -0.05) is 18.2 Å². The molecular formula is C12H14N4O. The molecule has 0 bridgehead atoms. The van der Waals surface area contributed by atoms with E-state index in [2.05, 4.69) is 20.5 Å². The fourth-order valence-electron chi connectivity index (χ4n) is 1.63. The van der Waals surface area contributed by atoms with E-state index in [1.54, 1.807) is 6.92 Å². The highest BCUT2D eigenvalue weighted by Gasteiger charge is 2.13. The average Bonchev–Trinajstić information content (AvgIpc) is 2.70. The molecule has 1 amide bonds. The highest BCUT2D eigenvalue weighted by Crippen LogP contribution is 2.19. The molecule has 0 aliphatic heterocycles. The maximum absolute atomic E-state index is 11.9. The molecule has 0 spiro atoms. The molecule has 5 heteroatoms. The fourth-order valence-corrected chi connectivity index (χ4v) is 1.63. The lowest BCUT2D eigenvalue weighted by Crippen LogP contribution is -2.15. The summed E-state index contributed by atoms with van der Waals surface area (Å²) in [4.78, 5) is 15.9. The number of para-hydroxylation sites is 1. The van der Waals surface area contributed by atoms with Gasteiger partial charge in [0, 0.05) is 5.69 Å². The molecule has 0 atom stereocenters.